The molecular weight excluding hydrogens is 294 g/mol. The summed E-state index contributed by atoms with van der Waals surface area (Å²) >= 11 is 0. The summed E-state index contributed by atoms with van der Waals surface area (Å²) in [5.41, 5.74) is 2.43. The van der Waals surface area contributed by atoms with Crippen LogP contribution in [0.5, 0.6) is 0 Å². The Kier molecular flexibility index (Phi) is 5.63. The molecular formula is C18H17NO4. The van der Waals surface area contributed by atoms with Crippen LogP contribution >= 0.6 is 0 Å². The fraction of sp³-hybridized carbons (Fsp3) is 0.167. The molecule has 118 valence electrons. The SMILES string of the molecule is CCOC(=O)c1ccc(N=Cc2cccc(C(=O)OC)c2)cc1. The van der Waals surface area contributed by atoms with Crippen LogP contribution in [0.3, 0.4) is 0 Å². The number of benzene rings is 2. The van der Waals surface area contributed by atoms with Gasteiger partial charge in [-0.25, -0.2) is 9.59 Å². The Morgan fingerprint density at radius 2 is 1.78 bits per heavy atom. The molecule has 0 aromatic heterocycles. The van der Waals surface area contributed by atoms with Crippen molar-refractivity contribution in [3.63, 3.8) is 0 Å². The lowest BCUT2D eigenvalue weighted by Gasteiger charge is -2.02. The van der Waals surface area contributed by atoms with E-state index in [1.807, 2.05) is 6.07 Å². The Balaban J connectivity index is 2.11. The molecule has 0 radical (unpaired) electrons. The summed E-state index contributed by atoms with van der Waals surface area (Å²) in [4.78, 5) is 27.4. The van der Waals surface area contributed by atoms with Crippen LogP contribution in [0.4, 0.5) is 5.69 Å². The molecule has 0 unspecified atom stereocenters. The van der Waals surface area contributed by atoms with E-state index >= 15 is 0 Å². The van der Waals surface area contributed by atoms with Crippen LogP contribution in [0.1, 0.15) is 33.2 Å². The van der Waals surface area contributed by atoms with Gasteiger partial charge in [0.05, 0.1) is 30.5 Å². The minimum Gasteiger partial charge on any atom is -0.465 e. The standard InChI is InChI=1S/C18H17NO4/c1-3-23-18(21)14-7-9-16(10-8-14)19-12-13-5-4-6-15(11-13)17(20)22-2/h4-12H,3H2,1-2H3. The van der Waals surface area contributed by atoms with E-state index in [-0.39, 0.29) is 11.9 Å². The van der Waals surface area contributed by atoms with Crippen molar-refractivity contribution in [1.29, 1.82) is 0 Å². The van der Waals surface area contributed by atoms with Gasteiger partial charge in [0.25, 0.3) is 0 Å². The van der Waals surface area contributed by atoms with Crippen LogP contribution in [0.25, 0.3) is 0 Å². The minimum absolute atomic E-state index is 0.343. The van der Waals surface area contributed by atoms with Crippen molar-refractivity contribution in [1.82, 2.24) is 0 Å². The van der Waals surface area contributed by atoms with Gasteiger partial charge < -0.3 is 9.47 Å². The predicted molar refractivity (Wildman–Crippen MR) is 87.4 cm³/mol. The number of rotatable bonds is 5. The minimum atomic E-state index is -0.390. The second-order valence-corrected chi connectivity index (χ2v) is 4.64. The van der Waals surface area contributed by atoms with Gasteiger partial charge in [-0.05, 0) is 48.9 Å². The third-order valence-corrected chi connectivity index (χ3v) is 3.05. The van der Waals surface area contributed by atoms with Gasteiger partial charge >= 0.3 is 11.9 Å². The number of esters is 2. The smallest absolute Gasteiger partial charge is 0.338 e. The highest BCUT2D eigenvalue weighted by Gasteiger charge is 2.06. The van der Waals surface area contributed by atoms with Crippen LogP contribution in [0.2, 0.25) is 0 Å². The van der Waals surface area contributed by atoms with Gasteiger partial charge in [-0.1, -0.05) is 12.1 Å². The van der Waals surface area contributed by atoms with Gasteiger partial charge in [0.1, 0.15) is 0 Å². The maximum absolute atomic E-state index is 11.6. The van der Waals surface area contributed by atoms with Crippen LogP contribution in [0.15, 0.2) is 53.5 Å². The summed E-state index contributed by atoms with van der Waals surface area (Å²) in [5.74, 6) is -0.743. The van der Waals surface area contributed by atoms with Crippen molar-refractivity contribution in [2.24, 2.45) is 4.99 Å². The quantitative estimate of drug-likeness (QED) is 0.627. The first kappa shape index (κ1) is 16.4. The van der Waals surface area contributed by atoms with Crippen molar-refractivity contribution in [3.8, 4) is 0 Å². The van der Waals surface area contributed by atoms with Crippen LogP contribution in [0, 0.1) is 0 Å². The zero-order valence-corrected chi connectivity index (χ0v) is 13.0. The molecule has 23 heavy (non-hydrogen) atoms. The van der Waals surface area contributed by atoms with Crippen molar-refractivity contribution >= 4 is 23.8 Å². The first-order chi connectivity index (χ1) is 11.1. The van der Waals surface area contributed by atoms with E-state index < -0.39 is 0 Å². The van der Waals surface area contributed by atoms with Crippen molar-refractivity contribution in [3.05, 3.63) is 65.2 Å². The van der Waals surface area contributed by atoms with Gasteiger partial charge in [-0.2, -0.15) is 0 Å². The lowest BCUT2D eigenvalue weighted by atomic mass is 10.1. The highest BCUT2D eigenvalue weighted by molar-refractivity contribution is 5.93. The molecule has 0 bridgehead atoms. The number of carbonyl (C=O) groups excluding carboxylic acids is 2. The molecule has 2 aromatic carbocycles. The van der Waals surface area contributed by atoms with Crippen LogP contribution in [-0.2, 0) is 9.47 Å². The molecule has 0 spiro atoms. The van der Waals surface area contributed by atoms with Crippen molar-refractivity contribution in [2.75, 3.05) is 13.7 Å². The Bertz CT molecular complexity index is 720. The van der Waals surface area contributed by atoms with Gasteiger partial charge in [0.2, 0.25) is 0 Å². The summed E-state index contributed by atoms with van der Waals surface area (Å²) < 4.78 is 9.60. The second kappa shape index (κ2) is 7.89. The molecule has 0 aliphatic heterocycles. The molecule has 2 rings (SSSR count). The molecule has 0 aliphatic rings. The first-order valence-electron chi connectivity index (χ1n) is 7.13. The molecule has 0 N–H and O–H groups in total. The number of aliphatic imine (C=N–C) groups is 1. The topological polar surface area (TPSA) is 65.0 Å². The van der Waals surface area contributed by atoms with E-state index in [9.17, 15) is 9.59 Å². The van der Waals surface area contributed by atoms with Gasteiger partial charge in [-0.15, -0.1) is 0 Å². The summed E-state index contributed by atoms with van der Waals surface area (Å²) in [6.07, 6.45) is 1.64. The maximum atomic E-state index is 11.6. The van der Waals surface area contributed by atoms with Crippen LogP contribution < -0.4 is 0 Å². The summed E-state index contributed by atoms with van der Waals surface area (Å²) in [6, 6.07) is 13.8. The zero-order chi connectivity index (χ0) is 16.7. The van der Waals surface area contributed by atoms with Crippen molar-refractivity contribution < 1.29 is 19.1 Å². The fourth-order valence-corrected chi connectivity index (χ4v) is 1.91. The first-order valence-corrected chi connectivity index (χ1v) is 7.13. The van der Waals surface area contributed by atoms with Gasteiger partial charge in [0, 0.05) is 6.21 Å². The highest BCUT2D eigenvalue weighted by atomic mass is 16.5. The highest BCUT2D eigenvalue weighted by Crippen LogP contribution is 2.14. The number of nitrogens with zero attached hydrogens (tertiary/aromatic N) is 1. The molecule has 0 fully saturated rings. The number of ether oxygens (including phenoxy) is 2. The van der Waals surface area contributed by atoms with E-state index in [2.05, 4.69) is 9.73 Å². The van der Waals surface area contributed by atoms with E-state index in [0.717, 1.165) is 5.56 Å². The summed E-state index contributed by atoms with van der Waals surface area (Å²) in [7, 11) is 1.34. The Labute approximate surface area is 134 Å². The molecule has 2 aromatic rings. The Morgan fingerprint density at radius 1 is 1.04 bits per heavy atom. The van der Waals surface area contributed by atoms with E-state index in [1.54, 1.807) is 55.6 Å². The second-order valence-electron chi connectivity index (χ2n) is 4.64. The van der Waals surface area contributed by atoms with Crippen molar-refractivity contribution in [2.45, 2.75) is 6.92 Å². The lowest BCUT2D eigenvalue weighted by Crippen LogP contribution is -2.03. The molecule has 0 atom stereocenters. The number of carbonyl (C=O) groups is 2. The molecule has 5 nitrogen and oxygen atoms in total. The Morgan fingerprint density at radius 3 is 2.43 bits per heavy atom. The summed E-state index contributed by atoms with van der Waals surface area (Å²) in [5, 5.41) is 0. The van der Waals surface area contributed by atoms with E-state index in [1.165, 1.54) is 7.11 Å². The normalized spacial score (nSPS) is 10.5. The van der Waals surface area contributed by atoms with Crippen LogP contribution in [-0.4, -0.2) is 31.9 Å². The molecule has 0 aliphatic carbocycles. The molecule has 0 heterocycles. The molecule has 5 heteroatoms. The zero-order valence-electron chi connectivity index (χ0n) is 13.0. The number of methoxy groups -OCH3 is 1. The third-order valence-electron chi connectivity index (χ3n) is 3.05. The number of hydrogen-bond donors (Lipinski definition) is 0. The van der Waals surface area contributed by atoms with Gasteiger partial charge in [-0.3, -0.25) is 4.99 Å². The molecule has 0 amide bonds. The Hall–Kier alpha value is -2.95. The lowest BCUT2D eigenvalue weighted by molar-refractivity contribution is 0.0525. The number of hydrogen-bond acceptors (Lipinski definition) is 5. The van der Waals surface area contributed by atoms with E-state index in [0.29, 0.717) is 23.4 Å². The third kappa shape index (κ3) is 4.51. The van der Waals surface area contributed by atoms with E-state index in [4.69, 9.17) is 4.74 Å². The molecule has 0 saturated heterocycles. The monoisotopic (exact) mass is 311 g/mol. The predicted octanol–water partition coefficient (Wildman–Crippen LogP) is 3.40. The maximum Gasteiger partial charge on any atom is 0.338 e. The average molecular weight is 311 g/mol. The summed E-state index contributed by atoms with van der Waals surface area (Å²) in [6.45, 7) is 2.11. The molecule has 0 saturated carbocycles. The fourth-order valence-electron chi connectivity index (χ4n) is 1.91. The van der Waals surface area contributed by atoms with Gasteiger partial charge in [0.15, 0.2) is 0 Å². The average Bonchev–Trinajstić information content (AvgIpc) is 2.60. The largest absolute Gasteiger partial charge is 0.465 e.